The van der Waals surface area contributed by atoms with Crippen molar-refractivity contribution >= 4 is 5.91 Å². The molecule has 0 radical (unpaired) electrons. The minimum atomic E-state index is -0.159. The molecule has 31 heavy (non-hydrogen) atoms. The van der Waals surface area contributed by atoms with Gasteiger partial charge in [-0.2, -0.15) is 5.26 Å². The van der Waals surface area contributed by atoms with Crippen molar-refractivity contribution in [3.63, 3.8) is 0 Å². The number of methoxy groups -OCH3 is 2. The summed E-state index contributed by atoms with van der Waals surface area (Å²) in [6, 6.07) is 15.3. The zero-order chi connectivity index (χ0) is 22.1. The summed E-state index contributed by atoms with van der Waals surface area (Å²) >= 11 is 0. The minimum absolute atomic E-state index is 0.0422. The first-order valence-corrected chi connectivity index (χ1v) is 10.4. The Kier molecular flexibility index (Phi) is 8.13. The van der Waals surface area contributed by atoms with Crippen LogP contribution in [0.25, 0.3) is 0 Å². The SMILES string of the molecule is COc1cc(C(=O)N(CCC#N)C2CCOCC2)cc(OC)c1OCc1ccccc1. The van der Waals surface area contributed by atoms with Crippen LogP contribution >= 0.6 is 0 Å². The molecule has 0 aliphatic carbocycles. The fraction of sp³-hybridized carbons (Fsp3) is 0.417. The van der Waals surface area contributed by atoms with Crippen molar-refractivity contribution in [2.75, 3.05) is 34.0 Å². The summed E-state index contributed by atoms with van der Waals surface area (Å²) in [5, 5.41) is 9.05. The highest BCUT2D eigenvalue weighted by atomic mass is 16.5. The van der Waals surface area contributed by atoms with Gasteiger partial charge in [-0.05, 0) is 30.5 Å². The van der Waals surface area contributed by atoms with Crippen molar-refractivity contribution in [2.24, 2.45) is 0 Å². The molecule has 3 rings (SSSR count). The van der Waals surface area contributed by atoms with Crippen LogP contribution in [0.1, 0.15) is 35.2 Å². The molecule has 0 aromatic heterocycles. The first kappa shape index (κ1) is 22.4. The largest absolute Gasteiger partial charge is 0.493 e. The van der Waals surface area contributed by atoms with Crippen LogP contribution in [0.3, 0.4) is 0 Å². The number of carbonyl (C=O) groups excluding carboxylic acids is 1. The van der Waals surface area contributed by atoms with Gasteiger partial charge in [0.05, 0.1) is 26.7 Å². The van der Waals surface area contributed by atoms with Gasteiger partial charge >= 0.3 is 0 Å². The summed E-state index contributed by atoms with van der Waals surface area (Å²) in [5.74, 6) is 1.13. The Bertz CT molecular complexity index is 879. The number of amides is 1. The van der Waals surface area contributed by atoms with Crippen LogP contribution in [0.2, 0.25) is 0 Å². The van der Waals surface area contributed by atoms with Crippen LogP contribution in [-0.4, -0.2) is 50.8 Å². The zero-order valence-corrected chi connectivity index (χ0v) is 18.0. The Morgan fingerprint density at radius 1 is 1.13 bits per heavy atom. The van der Waals surface area contributed by atoms with Crippen LogP contribution in [0.5, 0.6) is 17.2 Å². The predicted molar refractivity (Wildman–Crippen MR) is 115 cm³/mol. The maximum Gasteiger partial charge on any atom is 0.254 e. The van der Waals surface area contributed by atoms with E-state index >= 15 is 0 Å². The fourth-order valence-corrected chi connectivity index (χ4v) is 3.66. The van der Waals surface area contributed by atoms with Gasteiger partial charge in [-0.3, -0.25) is 4.79 Å². The van der Waals surface area contributed by atoms with Crippen molar-refractivity contribution in [1.29, 1.82) is 5.26 Å². The summed E-state index contributed by atoms with van der Waals surface area (Å²) in [6.07, 6.45) is 1.78. The molecule has 1 aliphatic heterocycles. The van der Waals surface area contributed by atoms with Gasteiger partial charge in [-0.1, -0.05) is 30.3 Å². The van der Waals surface area contributed by atoms with E-state index in [0.717, 1.165) is 18.4 Å². The average Bonchev–Trinajstić information content (AvgIpc) is 2.83. The van der Waals surface area contributed by atoms with Gasteiger partial charge in [0, 0.05) is 31.4 Å². The number of benzene rings is 2. The van der Waals surface area contributed by atoms with Gasteiger partial charge in [-0.25, -0.2) is 0 Å². The number of ether oxygens (including phenoxy) is 4. The number of nitriles is 1. The van der Waals surface area contributed by atoms with Crippen LogP contribution in [0.4, 0.5) is 0 Å². The predicted octanol–water partition coefficient (Wildman–Crippen LogP) is 3.82. The molecule has 1 saturated heterocycles. The van der Waals surface area contributed by atoms with E-state index in [-0.39, 0.29) is 18.4 Å². The Morgan fingerprint density at radius 3 is 2.35 bits per heavy atom. The van der Waals surface area contributed by atoms with E-state index in [4.69, 9.17) is 24.2 Å². The normalized spacial score (nSPS) is 13.8. The van der Waals surface area contributed by atoms with Crippen LogP contribution in [0, 0.1) is 11.3 Å². The molecule has 7 nitrogen and oxygen atoms in total. The number of hydrogen-bond acceptors (Lipinski definition) is 6. The second-order valence-corrected chi connectivity index (χ2v) is 7.23. The van der Waals surface area contributed by atoms with Crippen molar-refractivity contribution in [3.8, 4) is 23.3 Å². The molecule has 0 unspecified atom stereocenters. The molecule has 2 aromatic carbocycles. The number of carbonyl (C=O) groups is 1. The molecular formula is C24H28N2O5. The van der Waals surface area contributed by atoms with Crippen LogP contribution in [0.15, 0.2) is 42.5 Å². The van der Waals surface area contributed by atoms with E-state index in [9.17, 15) is 4.79 Å². The Morgan fingerprint density at radius 2 is 1.77 bits per heavy atom. The van der Waals surface area contributed by atoms with E-state index in [2.05, 4.69) is 6.07 Å². The van der Waals surface area contributed by atoms with E-state index < -0.39 is 0 Å². The number of rotatable bonds is 9. The van der Waals surface area contributed by atoms with Crippen LogP contribution < -0.4 is 14.2 Å². The first-order valence-electron chi connectivity index (χ1n) is 10.4. The van der Waals surface area contributed by atoms with Gasteiger partial charge in [0.15, 0.2) is 11.5 Å². The average molecular weight is 424 g/mol. The standard InChI is InChI=1S/C24H28N2O5/c1-28-21-15-19(24(27)26(12-6-11-25)20-9-13-30-14-10-20)16-22(29-2)23(21)31-17-18-7-4-3-5-8-18/h3-5,7-8,15-16,20H,6,9-10,12-14,17H2,1-2H3. The molecule has 0 atom stereocenters. The van der Waals surface area contributed by atoms with Crippen molar-refractivity contribution < 1.29 is 23.7 Å². The quantitative estimate of drug-likeness (QED) is 0.609. The van der Waals surface area contributed by atoms with E-state index in [1.54, 1.807) is 17.0 Å². The molecule has 1 amide bonds. The Labute approximate surface area is 183 Å². The maximum absolute atomic E-state index is 13.4. The molecule has 0 spiro atoms. The van der Waals surface area contributed by atoms with Gasteiger partial charge in [0.2, 0.25) is 5.75 Å². The molecule has 2 aromatic rings. The molecule has 164 valence electrons. The lowest BCUT2D eigenvalue weighted by atomic mass is 10.0. The fourth-order valence-electron chi connectivity index (χ4n) is 3.66. The van der Waals surface area contributed by atoms with Gasteiger partial charge in [-0.15, -0.1) is 0 Å². The summed E-state index contributed by atoms with van der Waals surface area (Å²) in [7, 11) is 3.06. The van der Waals surface area contributed by atoms with E-state index in [0.29, 0.717) is 49.2 Å². The molecule has 1 heterocycles. The highest BCUT2D eigenvalue weighted by molar-refractivity contribution is 5.96. The third kappa shape index (κ3) is 5.68. The summed E-state index contributed by atoms with van der Waals surface area (Å²) in [5.41, 5.74) is 1.44. The topological polar surface area (TPSA) is 81.0 Å². The zero-order valence-electron chi connectivity index (χ0n) is 18.0. The first-order chi connectivity index (χ1) is 15.2. The Hall–Kier alpha value is -3.24. The lowest BCUT2D eigenvalue weighted by Gasteiger charge is -2.34. The monoisotopic (exact) mass is 424 g/mol. The molecule has 0 saturated carbocycles. The molecular weight excluding hydrogens is 396 g/mol. The summed E-state index contributed by atoms with van der Waals surface area (Å²) in [4.78, 5) is 15.2. The highest BCUT2D eigenvalue weighted by Gasteiger charge is 2.28. The Balaban J connectivity index is 1.87. The number of nitrogens with zero attached hydrogens (tertiary/aromatic N) is 2. The lowest BCUT2D eigenvalue weighted by Crippen LogP contribution is -2.44. The molecule has 0 N–H and O–H groups in total. The van der Waals surface area contributed by atoms with Crippen molar-refractivity contribution in [1.82, 2.24) is 4.90 Å². The number of hydrogen-bond donors (Lipinski definition) is 0. The van der Waals surface area contributed by atoms with Crippen molar-refractivity contribution in [3.05, 3.63) is 53.6 Å². The van der Waals surface area contributed by atoms with Gasteiger partial charge in [0.25, 0.3) is 5.91 Å². The smallest absolute Gasteiger partial charge is 0.254 e. The van der Waals surface area contributed by atoms with E-state index in [1.165, 1.54) is 14.2 Å². The second-order valence-electron chi connectivity index (χ2n) is 7.23. The van der Waals surface area contributed by atoms with Crippen molar-refractivity contribution in [2.45, 2.75) is 31.9 Å². The molecule has 1 fully saturated rings. The summed E-state index contributed by atoms with van der Waals surface area (Å²) < 4.78 is 22.5. The highest BCUT2D eigenvalue weighted by Crippen LogP contribution is 2.39. The minimum Gasteiger partial charge on any atom is -0.493 e. The molecule has 0 bridgehead atoms. The maximum atomic E-state index is 13.4. The second kappa shape index (κ2) is 11.2. The van der Waals surface area contributed by atoms with Gasteiger partial charge in [0.1, 0.15) is 6.61 Å². The van der Waals surface area contributed by atoms with E-state index in [1.807, 2.05) is 30.3 Å². The lowest BCUT2D eigenvalue weighted by molar-refractivity contribution is 0.0296. The summed E-state index contributed by atoms with van der Waals surface area (Å²) in [6.45, 7) is 1.94. The molecule has 7 heteroatoms. The van der Waals surface area contributed by atoms with Gasteiger partial charge < -0.3 is 23.8 Å². The third-order valence-electron chi connectivity index (χ3n) is 5.29. The molecule has 1 aliphatic rings. The van der Waals surface area contributed by atoms with Crippen LogP contribution in [-0.2, 0) is 11.3 Å². The third-order valence-corrected chi connectivity index (χ3v) is 5.29.